The average Bonchev–Trinajstić information content (AvgIpc) is 2.95. The van der Waals surface area contributed by atoms with Crippen molar-refractivity contribution in [1.29, 1.82) is 0 Å². The lowest BCUT2D eigenvalue weighted by Crippen LogP contribution is -2.26. The van der Waals surface area contributed by atoms with Crippen LogP contribution >= 0.6 is 24.8 Å². The molecular formula is C10H11N5OS2. The molecule has 3 heterocycles. The number of fused-ring (bicyclic) bond motifs is 1. The van der Waals surface area contributed by atoms with Crippen molar-refractivity contribution in [1.82, 2.24) is 19.9 Å². The summed E-state index contributed by atoms with van der Waals surface area (Å²) in [6.07, 6.45) is 2.05. The lowest BCUT2D eigenvalue weighted by Gasteiger charge is -2.14. The van der Waals surface area contributed by atoms with Crippen LogP contribution in [0.15, 0.2) is 6.33 Å². The number of hydrogen-bond donors (Lipinski definition) is 3. The van der Waals surface area contributed by atoms with Crippen molar-refractivity contribution >= 4 is 47.9 Å². The van der Waals surface area contributed by atoms with Gasteiger partial charge in [0.05, 0.1) is 6.33 Å². The summed E-state index contributed by atoms with van der Waals surface area (Å²) in [5, 5.41) is 0. The highest BCUT2D eigenvalue weighted by Crippen LogP contribution is 2.23. The summed E-state index contributed by atoms with van der Waals surface area (Å²) in [6, 6.07) is 0. The first-order valence-electron chi connectivity index (χ1n) is 5.53. The van der Waals surface area contributed by atoms with Crippen LogP contribution in [-0.2, 0) is 4.79 Å². The van der Waals surface area contributed by atoms with E-state index in [1.807, 2.05) is 0 Å². The van der Waals surface area contributed by atoms with E-state index in [1.165, 1.54) is 0 Å². The van der Waals surface area contributed by atoms with Crippen LogP contribution in [0, 0.1) is 10.6 Å². The molecule has 1 saturated heterocycles. The molecule has 1 fully saturated rings. The first-order chi connectivity index (χ1) is 8.69. The van der Waals surface area contributed by atoms with Crippen molar-refractivity contribution in [3.05, 3.63) is 11.0 Å². The minimum absolute atomic E-state index is 0.0436. The van der Waals surface area contributed by atoms with Gasteiger partial charge < -0.3 is 9.97 Å². The number of nitrogens with zero attached hydrogens (tertiary/aromatic N) is 3. The summed E-state index contributed by atoms with van der Waals surface area (Å²) >= 11 is 9.40. The number of imidazole rings is 1. The highest BCUT2D eigenvalue weighted by atomic mass is 32.1. The van der Waals surface area contributed by atoms with Crippen LogP contribution in [0.3, 0.4) is 0 Å². The molecule has 2 N–H and O–H groups in total. The lowest BCUT2D eigenvalue weighted by molar-refractivity contribution is -0.117. The van der Waals surface area contributed by atoms with Gasteiger partial charge in [-0.05, 0) is 11.7 Å². The first-order valence-corrected chi connectivity index (χ1v) is 6.57. The molecule has 0 aliphatic carbocycles. The number of nitrogens with one attached hydrogen (secondary N) is 2. The van der Waals surface area contributed by atoms with Crippen LogP contribution < -0.4 is 4.90 Å². The molecule has 3 rings (SSSR count). The van der Waals surface area contributed by atoms with Gasteiger partial charge in [-0.15, -0.1) is 0 Å². The predicted octanol–water partition coefficient (Wildman–Crippen LogP) is 1.30. The monoisotopic (exact) mass is 281 g/mol. The molecule has 1 atom stereocenters. The second kappa shape index (κ2) is 4.36. The van der Waals surface area contributed by atoms with Gasteiger partial charge in [-0.3, -0.25) is 9.69 Å². The smallest absolute Gasteiger partial charge is 0.229 e. The molecule has 18 heavy (non-hydrogen) atoms. The Bertz CT molecular complexity index is 664. The predicted molar refractivity (Wildman–Crippen MR) is 73.4 cm³/mol. The molecule has 1 aliphatic heterocycles. The Balaban J connectivity index is 2.04. The van der Waals surface area contributed by atoms with Crippen molar-refractivity contribution in [3.63, 3.8) is 0 Å². The van der Waals surface area contributed by atoms with E-state index in [0.717, 1.165) is 0 Å². The van der Waals surface area contributed by atoms with Gasteiger partial charge in [0.1, 0.15) is 5.52 Å². The number of H-pyrrole nitrogens is 2. The quantitative estimate of drug-likeness (QED) is 0.573. The zero-order chi connectivity index (χ0) is 12.7. The summed E-state index contributed by atoms with van der Waals surface area (Å²) in [6.45, 7) is 0.622. The number of aromatic nitrogens is 4. The van der Waals surface area contributed by atoms with E-state index in [9.17, 15) is 4.79 Å². The molecule has 1 aliphatic rings. The summed E-state index contributed by atoms with van der Waals surface area (Å²) in [4.78, 5) is 27.8. The van der Waals surface area contributed by atoms with E-state index in [4.69, 9.17) is 12.2 Å². The Morgan fingerprint density at radius 1 is 1.61 bits per heavy atom. The fourth-order valence-electron chi connectivity index (χ4n) is 2.07. The van der Waals surface area contributed by atoms with E-state index >= 15 is 0 Å². The Labute approximate surface area is 113 Å². The van der Waals surface area contributed by atoms with Crippen LogP contribution in [-0.4, -0.2) is 38.1 Å². The zero-order valence-electron chi connectivity index (χ0n) is 9.38. The number of hydrogen-bond acceptors (Lipinski definition) is 5. The molecule has 0 spiro atoms. The SMILES string of the molecule is O=C1CC(CS)CN1c1nc(=S)c2[nH]cnc2[nH]1. The molecular weight excluding hydrogens is 270 g/mol. The molecule has 94 valence electrons. The van der Waals surface area contributed by atoms with Crippen molar-refractivity contribution in [2.75, 3.05) is 17.2 Å². The van der Waals surface area contributed by atoms with E-state index in [1.54, 1.807) is 11.2 Å². The first kappa shape index (κ1) is 11.7. The van der Waals surface area contributed by atoms with Crippen LogP contribution in [0.4, 0.5) is 5.95 Å². The minimum atomic E-state index is 0.0436. The molecule has 6 nitrogen and oxygen atoms in total. The second-order valence-corrected chi connectivity index (χ2v) is 5.00. The maximum absolute atomic E-state index is 11.9. The molecule has 2 aromatic rings. The van der Waals surface area contributed by atoms with Gasteiger partial charge in [-0.1, -0.05) is 12.2 Å². The second-order valence-electron chi connectivity index (χ2n) is 4.25. The Morgan fingerprint density at radius 2 is 2.44 bits per heavy atom. The number of anilines is 1. The Morgan fingerprint density at radius 3 is 3.17 bits per heavy atom. The number of amides is 1. The van der Waals surface area contributed by atoms with Crippen LogP contribution in [0.2, 0.25) is 0 Å². The van der Waals surface area contributed by atoms with Gasteiger partial charge in [0.15, 0.2) is 10.3 Å². The molecule has 0 bridgehead atoms. The molecule has 2 aromatic heterocycles. The topological polar surface area (TPSA) is 77.7 Å². The van der Waals surface area contributed by atoms with Gasteiger partial charge in [-0.25, -0.2) is 9.97 Å². The fraction of sp³-hybridized carbons (Fsp3) is 0.400. The van der Waals surface area contributed by atoms with Crippen molar-refractivity contribution < 1.29 is 4.79 Å². The number of carbonyl (C=O) groups excluding carboxylic acids is 1. The van der Waals surface area contributed by atoms with Crippen molar-refractivity contribution in [3.8, 4) is 0 Å². The van der Waals surface area contributed by atoms with Gasteiger partial charge in [0.25, 0.3) is 0 Å². The van der Waals surface area contributed by atoms with Crippen LogP contribution in [0.1, 0.15) is 6.42 Å². The molecule has 8 heteroatoms. The van der Waals surface area contributed by atoms with E-state index in [0.29, 0.717) is 40.5 Å². The number of thiol groups is 1. The van der Waals surface area contributed by atoms with Gasteiger partial charge >= 0.3 is 0 Å². The average molecular weight is 281 g/mol. The third-order valence-electron chi connectivity index (χ3n) is 3.01. The standard InChI is InChI=1S/C10H11N5OS2/c16-6-1-5(3-17)2-15(6)10-13-8-7(9(18)14-10)11-4-12-8/h4-5,17H,1-3H2,(H2,11,12,13,14,18). The highest BCUT2D eigenvalue weighted by molar-refractivity contribution is 7.80. The van der Waals surface area contributed by atoms with Gasteiger partial charge in [-0.2, -0.15) is 12.6 Å². The van der Waals surface area contributed by atoms with E-state index < -0.39 is 0 Å². The molecule has 0 aromatic carbocycles. The summed E-state index contributed by atoms with van der Waals surface area (Å²) in [5.41, 5.74) is 1.30. The van der Waals surface area contributed by atoms with Crippen LogP contribution in [0.25, 0.3) is 11.2 Å². The Hall–Kier alpha value is -1.41. The maximum atomic E-state index is 11.9. The van der Waals surface area contributed by atoms with Crippen LogP contribution in [0.5, 0.6) is 0 Å². The summed E-state index contributed by atoms with van der Waals surface area (Å²) in [5.74, 6) is 1.46. The number of carbonyl (C=O) groups is 1. The number of aromatic amines is 2. The molecule has 0 radical (unpaired) electrons. The van der Waals surface area contributed by atoms with Gasteiger partial charge in [0, 0.05) is 13.0 Å². The number of rotatable bonds is 2. The maximum Gasteiger partial charge on any atom is 0.229 e. The fourth-order valence-corrected chi connectivity index (χ4v) is 2.56. The third-order valence-corrected chi connectivity index (χ3v) is 3.82. The minimum Gasteiger partial charge on any atom is -0.341 e. The summed E-state index contributed by atoms with van der Waals surface area (Å²) < 4.78 is 0.415. The zero-order valence-corrected chi connectivity index (χ0v) is 11.1. The summed E-state index contributed by atoms with van der Waals surface area (Å²) in [7, 11) is 0. The van der Waals surface area contributed by atoms with Gasteiger partial charge in [0.2, 0.25) is 11.9 Å². The lowest BCUT2D eigenvalue weighted by atomic mass is 10.1. The molecule has 1 amide bonds. The normalized spacial score (nSPS) is 19.9. The van der Waals surface area contributed by atoms with Crippen molar-refractivity contribution in [2.45, 2.75) is 6.42 Å². The van der Waals surface area contributed by atoms with E-state index in [2.05, 4.69) is 32.6 Å². The van der Waals surface area contributed by atoms with Crippen molar-refractivity contribution in [2.24, 2.45) is 5.92 Å². The highest BCUT2D eigenvalue weighted by Gasteiger charge is 2.31. The largest absolute Gasteiger partial charge is 0.341 e. The third kappa shape index (κ3) is 1.81. The molecule has 0 saturated carbocycles. The van der Waals surface area contributed by atoms with E-state index in [-0.39, 0.29) is 11.8 Å². The Kier molecular flexibility index (Phi) is 2.83. The molecule has 1 unspecified atom stereocenters.